The van der Waals surface area contributed by atoms with Gasteiger partial charge in [-0.1, -0.05) is 36.4 Å². The van der Waals surface area contributed by atoms with Crippen LogP contribution in [0.4, 0.5) is 0 Å². The van der Waals surface area contributed by atoms with E-state index < -0.39 is 0 Å². The van der Waals surface area contributed by atoms with Crippen LogP contribution < -0.4 is 19.8 Å². The van der Waals surface area contributed by atoms with Crippen LogP contribution in [0.1, 0.15) is 33.4 Å². The molecule has 2 heterocycles. The minimum Gasteiger partial charge on any atom is -0.493 e. The van der Waals surface area contributed by atoms with Gasteiger partial charge in [0, 0.05) is 41.6 Å². The highest BCUT2D eigenvalue weighted by Crippen LogP contribution is 2.36. The largest absolute Gasteiger partial charge is 0.493 e. The number of methoxy groups -OCH3 is 2. The molecule has 0 spiro atoms. The van der Waals surface area contributed by atoms with E-state index in [2.05, 4.69) is 17.0 Å². The Bertz CT molecular complexity index is 1460. The zero-order valence-electron chi connectivity index (χ0n) is 21.2. The Morgan fingerprint density at radius 1 is 0.917 bits per heavy atom. The van der Waals surface area contributed by atoms with Crippen molar-refractivity contribution in [2.24, 2.45) is 0 Å². The fraction of sp³-hybridized carbons (Fsp3) is 0.300. The molecular weight excluding hydrogens is 454 g/mol. The molecule has 0 saturated heterocycles. The van der Waals surface area contributed by atoms with Crippen molar-refractivity contribution in [3.8, 4) is 17.2 Å². The van der Waals surface area contributed by atoms with Crippen LogP contribution in [0.2, 0.25) is 0 Å². The Morgan fingerprint density at radius 2 is 1.69 bits per heavy atom. The summed E-state index contributed by atoms with van der Waals surface area (Å²) in [5.74, 6) is 2.29. The van der Waals surface area contributed by atoms with Crippen molar-refractivity contribution < 1.29 is 18.6 Å². The summed E-state index contributed by atoms with van der Waals surface area (Å²) in [5.41, 5.74) is 6.28. The summed E-state index contributed by atoms with van der Waals surface area (Å²) in [5, 5.41) is 0.974. The number of fused-ring (bicyclic) bond motifs is 2. The van der Waals surface area contributed by atoms with Crippen molar-refractivity contribution >= 4 is 11.0 Å². The lowest BCUT2D eigenvalue weighted by Crippen LogP contribution is -2.34. The van der Waals surface area contributed by atoms with Crippen LogP contribution in [-0.4, -0.2) is 32.4 Å². The first-order valence-corrected chi connectivity index (χ1v) is 12.2. The third-order valence-electron chi connectivity index (χ3n) is 7.01. The summed E-state index contributed by atoms with van der Waals surface area (Å²) in [6, 6.07) is 18.2. The van der Waals surface area contributed by atoms with E-state index in [0.29, 0.717) is 24.3 Å². The molecule has 6 heteroatoms. The molecule has 0 saturated carbocycles. The smallest absolute Gasteiger partial charge is 0.340 e. The van der Waals surface area contributed by atoms with Crippen LogP contribution in [0.15, 0.2) is 63.8 Å². The lowest BCUT2D eigenvalue weighted by Gasteiger charge is -2.30. The molecule has 36 heavy (non-hydrogen) atoms. The van der Waals surface area contributed by atoms with E-state index in [1.54, 1.807) is 14.2 Å². The third kappa shape index (κ3) is 4.56. The number of hydrogen-bond donors (Lipinski definition) is 0. The predicted octanol–water partition coefficient (Wildman–Crippen LogP) is 5.41. The molecule has 3 aromatic carbocycles. The van der Waals surface area contributed by atoms with Gasteiger partial charge in [-0.15, -0.1) is 0 Å². The lowest BCUT2D eigenvalue weighted by atomic mass is 9.96. The summed E-state index contributed by atoms with van der Waals surface area (Å²) in [7, 11) is 3.29. The van der Waals surface area contributed by atoms with Gasteiger partial charge in [-0.3, -0.25) is 4.90 Å². The number of ether oxygens (including phenoxy) is 3. The van der Waals surface area contributed by atoms with Crippen LogP contribution in [0.25, 0.3) is 11.0 Å². The second-order valence-electron chi connectivity index (χ2n) is 9.29. The van der Waals surface area contributed by atoms with Gasteiger partial charge < -0.3 is 18.6 Å². The molecule has 5 rings (SSSR count). The maximum Gasteiger partial charge on any atom is 0.340 e. The molecule has 0 N–H and O–H groups in total. The van der Waals surface area contributed by atoms with Crippen LogP contribution in [-0.2, 0) is 19.4 Å². The second-order valence-corrected chi connectivity index (χ2v) is 9.29. The van der Waals surface area contributed by atoms with E-state index >= 15 is 0 Å². The normalized spacial score (nSPS) is 13.3. The third-order valence-corrected chi connectivity index (χ3v) is 7.01. The van der Waals surface area contributed by atoms with E-state index in [4.69, 9.17) is 18.6 Å². The van der Waals surface area contributed by atoms with Crippen LogP contribution in [0, 0.1) is 13.8 Å². The molecule has 4 aromatic rings. The topological polar surface area (TPSA) is 61.1 Å². The molecule has 0 fully saturated rings. The van der Waals surface area contributed by atoms with E-state index in [-0.39, 0.29) is 5.63 Å². The molecule has 1 aliphatic heterocycles. The number of nitrogens with zero attached hydrogens (tertiary/aromatic N) is 1. The van der Waals surface area contributed by atoms with Gasteiger partial charge >= 0.3 is 5.63 Å². The minimum absolute atomic E-state index is 0.278. The van der Waals surface area contributed by atoms with E-state index in [9.17, 15) is 4.79 Å². The van der Waals surface area contributed by atoms with E-state index in [0.717, 1.165) is 64.4 Å². The molecule has 6 nitrogen and oxygen atoms in total. The highest BCUT2D eigenvalue weighted by atomic mass is 16.5. The molecule has 1 aliphatic rings. The zero-order chi connectivity index (χ0) is 25.2. The van der Waals surface area contributed by atoms with Crippen molar-refractivity contribution in [3.05, 3.63) is 98.4 Å². The average molecular weight is 486 g/mol. The number of aryl methyl sites for hydroxylation is 2. The minimum atomic E-state index is -0.278. The molecule has 0 aliphatic carbocycles. The van der Waals surface area contributed by atoms with Gasteiger partial charge in [0.15, 0.2) is 11.5 Å². The van der Waals surface area contributed by atoms with Crippen LogP contribution in [0.5, 0.6) is 17.2 Å². The first kappa shape index (κ1) is 23.9. The molecule has 1 aromatic heterocycles. The maximum atomic E-state index is 12.9. The summed E-state index contributed by atoms with van der Waals surface area (Å²) >= 11 is 0. The highest BCUT2D eigenvalue weighted by molar-refractivity contribution is 5.87. The summed E-state index contributed by atoms with van der Waals surface area (Å²) in [6.07, 6.45) is 1.41. The Morgan fingerprint density at radius 3 is 2.44 bits per heavy atom. The van der Waals surface area contributed by atoms with Crippen LogP contribution in [0.3, 0.4) is 0 Å². The van der Waals surface area contributed by atoms with Crippen molar-refractivity contribution in [1.29, 1.82) is 0 Å². The van der Waals surface area contributed by atoms with E-state index in [1.807, 2.05) is 56.3 Å². The molecule has 186 valence electrons. The molecule has 0 atom stereocenters. The molecule has 0 amide bonds. The standard InChI is InChI=1S/C30H31NO5/c1-19-24-16-23-17-31(13-12-22-10-11-26(33-3)27(15-22)34-4)18-35-28(23)20(2)29(24)36-30(32)25(19)14-21-8-6-5-7-9-21/h5-11,15-16H,12-14,17-18H2,1-4H3. The van der Waals surface area contributed by atoms with Gasteiger partial charge in [-0.2, -0.15) is 0 Å². The quantitative estimate of drug-likeness (QED) is 0.326. The van der Waals surface area contributed by atoms with Crippen molar-refractivity contribution in [1.82, 2.24) is 4.90 Å². The van der Waals surface area contributed by atoms with Crippen molar-refractivity contribution in [2.75, 3.05) is 27.5 Å². The summed E-state index contributed by atoms with van der Waals surface area (Å²) in [6.45, 7) is 6.09. The Balaban J connectivity index is 1.40. The van der Waals surface area contributed by atoms with E-state index in [1.165, 1.54) is 5.56 Å². The SMILES string of the molecule is COc1ccc(CCN2COc3c(cc4c(C)c(Cc5ccccc5)c(=O)oc4c3C)C2)cc1OC. The second kappa shape index (κ2) is 10.1. The number of hydrogen-bond acceptors (Lipinski definition) is 6. The Kier molecular flexibility index (Phi) is 6.70. The number of benzene rings is 3. The van der Waals surface area contributed by atoms with Gasteiger partial charge in [-0.05, 0) is 55.2 Å². The molecule has 0 unspecified atom stereocenters. The van der Waals surface area contributed by atoms with Gasteiger partial charge in [0.1, 0.15) is 18.1 Å². The van der Waals surface area contributed by atoms with Gasteiger partial charge in [0.2, 0.25) is 0 Å². The van der Waals surface area contributed by atoms with Crippen molar-refractivity contribution in [2.45, 2.75) is 33.2 Å². The molecule has 0 radical (unpaired) electrons. The highest BCUT2D eigenvalue weighted by Gasteiger charge is 2.24. The fourth-order valence-corrected chi connectivity index (χ4v) is 4.96. The van der Waals surface area contributed by atoms with Gasteiger partial charge in [-0.25, -0.2) is 4.79 Å². The monoisotopic (exact) mass is 485 g/mol. The maximum absolute atomic E-state index is 12.9. The predicted molar refractivity (Wildman–Crippen MR) is 140 cm³/mol. The molecule has 0 bridgehead atoms. The van der Waals surface area contributed by atoms with Gasteiger partial charge in [0.25, 0.3) is 0 Å². The summed E-state index contributed by atoms with van der Waals surface area (Å²) < 4.78 is 22.8. The first-order valence-electron chi connectivity index (χ1n) is 12.2. The zero-order valence-corrected chi connectivity index (χ0v) is 21.2. The number of rotatable bonds is 7. The first-order chi connectivity index (χ1) is 17.5. The van der Waals surface area contributed by atoms with Crippen molar-refractivity contribution in [3.63, 3.8) is 0 Å². The Labute approximate surface area is 211 Å². The summed E-state index contributed by atoms with van der Waals surface area (Å²) in [4.78, 5) is 15.2. The Hall–Kier alpha value is -3.77. The average Bonchev–Trinajstić information content (AvgIpc) is 2.91. The van der Waals surface area contributed by atoms with Gasteiger partial charge in [0.05, 0.1) is 14.2 Å². The fourth-order valence-electron chi connectivity index (χ4n) is 4.96. The van der Waals surface area contributed by atoms with Crippen LogP contribution >= 0.6 is 0 Å². The lowest BCUT2D eigenvalue weighted by molar-refractivity contribution is 0.0959. The molecular formula is C30H31NO5.